The predicted molar refractivity (Wildman–Crippen MR) is 79.1 cm³/mol. The molecule has 0 aliphatic carbocycles. The van der Waals surface area contributed by atoms with E-state index in [9.17, 15) is 0 Å². The van der Waals surface area contributed by atoms with Crippen LogP contribution in [0.5, 0.6) is 0 Å². The molecule has 96 valence electrons. The second-order valence-corrected chi connectivity index (χ2v) is 5.68. The third kappa shape index (κ3) is 4.53. The van der Waals surface area contributed by atoms with Gasteiger partial charge in [0.2, 0.25) is 0 Å². The molecule has 0 fully saturated rings. The highest BCUT2D eigenvalue weighted by Crippen LogP contribution is 2.28. The number of benzene rings is 1. The van der Waals surface area contributed by atoms with Crippen LogP contribution in [0.1, 0.15) is 26.7 Å². The Hall–Kier alpha value is -0.180. The molecular formula is C14H22ClNS. The van der Waals surface area contributed by atoms with Crippen molar-refractivity contribution in [2.24, 2.45) is 5.92 Å². The Bertz CT molecular complexity index is 326. The molecule has 0 bridgehead atoms. The normalized spacial score (nSPS) is 13.0. The van der Waals surface area contributed by atoms with Crippen LogP contribution in [0.4, 0.5) is 0 Å². The van der Waals surface area contributed by atoms with Crippen molar-refractivity contribution < 1.29 is 0 Å². The van der Waals surface area contributed by atoms with Gasteiger partial charge in [-0.25, -0.2) is 0 Å². The van der Waals surface area contributed by atoms with Crippen molar-refractivity contribution in [2.45, 2.75) is 37.6 Å². The Morgan fingerprint density at radius 1 is 1.24 bits per heavy atom. The van der Waals surface area contributed by atoms with E-state index in [0.29, 0.717) is 6.04 Å². The van der Waals surface area contributed by atoms with Crippen LogP contribution in [0, 0.1) is 5.92 Å². The maximum atomic E-state index is 6.16. The van der Waals surface area contributed by atoms with Gasteiger partial charge in [-0.2, -0.15) is 0 Å². The molecule has 0 aliphatic heterocycles. The maximum Gasteiger partial charge on any atom is 0.0541 e. The highest BCUT2D eigenvalue weighted by molar-refractivity contribution is 7.99. The molecule has 17 heavy (non-hydrogen) atoms. The minimum atomic E-state index is 0.561. The molecule has 0 saturated carbocycles. The third-order valence-electron chi connectivity index (χ3n) is 3.24. The first-order chi connectivity index (χ1) is 8.22. The first-order valence-electron chi connectivity index (χ1n) is 6.27. The number of nitrogens with one attached hydrogen (secondary N) is 1. The van der Waals surface area contributed by atoms with Crippen molar-refractivity contribution in [3.8, 4) is 0 Å². The zero-order valence-electron chi connectivity index (χ0n) is 10.9. The van der Waals surface area contributed by atoms with E-state index < -0.39 is 0 Å². The topological polar surface area (TPSA) is 12.0 Å². The van der Waals surface area contributed by atoms with Crippen molar-refractivity contribution in [3.63, 3.8) is 0 Å². The molecule has 0 spiro atoms. The monoisotopic (exact) mass is 271 g/mol. The lowest BCUT2D eigenvalue weighted by molar-refractivity contribution is 0.378. The summed E-state index contributed by atoms with van der Waals surface area (Å²) in [5.74, 6) is 1.82. The van der Waals surface area contributed by atoms with Crippen molar-refractivity contribution in [1.82, 2.24) is 5.32 Å². The maximum absolute atomic E-state index is 6.16. The van der Waals surface area contributed by atoms with Gasteiger partial charge in [-0.3, -0.25) is 0 Å². The summed E-state index contributed by atoms with van der Waals surface area (Å²) >= 11 is 8.00. The number of hydrogen-bond acceptors (Lipinski definition) is 2. The fraction of sp³-hybridized carbons (Fsp3) is 0.571. The average Bonchev–Trinajstić information content (AvgIpc) is 2.36. The summed E-state index contributed by atoms with van der Waals surface area (Å²) in [5, 5.41) is 4.29. The van der Waals surface area contributed by atoms with Gasteiger partial charge in [0, 0.05) is 16.7 Å². The van der Waals surface area contributed by atoms with Gasteiger partial charge in [0.1, 0.15) is 0 Å². The molecule has 0 aromatic heterocycles. The predicted octanol–water partition coefficient (Wildman–Crippen LogP) is 4.46. The highest BCUT2D eigenvalue weighted by Gasteiger charge is 2.17. The van der Waals surface area contributed by atoms with Gasteiger partial charge in [0.15, 0.2) is 0 Å². The number of rotatable bonds is 7. The molecule has 0 heterocycles. The number of hydrogen-bond donors (Lipinski definition) is 1. The Morgan fingerprint density at radius 3 is 2.41 bits per heavy atom. The van der Waals surface area contributed by atoms with E-state index in [0.717, 1.165) is 16.7 Å². The van der Waals surface area contributed by atoms with Crippen LogP contribution in [-0.4, -0.2) is 18.8 Å². The van der Waals surface area contributed by atoms with Gasteiger partial charge in [-0.05, 0) is 25.1 Å². The fourth-order valence-corrected chi connectivity index (χ4v) is 3.53. The molecule has 1 rings (SSSR count). The van der Waals surface area contributed by atoms with E-state index in [1.54, 1.807) is 0 Å². The smallest absolute Gasteiger partial charge is 0.0541 e. The van der Waals surface area contributed by atoms with Crippen LogP contribution < -0.4 is 5.32 Å². The molecule has 1 N–H and O–H groups in total. The first-order valence-corrected chi connectivity index (χ1v) is 7.63. The minimum absolute atomic E-state index is 0.561. The molecular weight excluding hydrogens is 250 g/mol. The van der Waals surface area contributed by atoms with Crippen LogP contribution in [0.3, 0.4) is 0 Å². The Kier molecular flexibility index (Phi) is 7.02. The summed E-state index contributed by atoms with van der Waals surface area (Å²) in [6.45, 7) is 4.53. The summed E-state index contributed by atoms with van der Waals surface area (Å²) in [7, 11) is 2.05. The highest BCUT2D eigenvalue weighted by atomic mass is 35.5. The van der Waals surface area contributed by atoms with Crippen LogP contribution in [0.25, 0.3) is 0 Å². The van der Waals surface area contributed by atoms with Crippen LogP contribution in [0.2, 0.25) is 5.02 Å². The van der Waals surface area contributed by atoms with Crippen molar-refractivity contribution in [2.75, 3.05) is 12.8 Å². The summed E-state index contributed by atoms with van der Waals surface area (Å²) in [6, 6.07) is 8.62. The van der Waals surface area contributed by atoms with Crippen LogP contribution in [-0.2, 0) is 0 Å². The number of thioether (sulfide) groups is 1. The average molecular weight is 272 g/mol. The lowest BCUT2D eigenvalue weighted by atomic mass is 9.96. The van der Waals surface area contributed by atoms with Crippen LogP contribution >= 0.6 is 23.4 Å². The molecule has 3 heteroatoms. The largest absolute Gasteiger partial charge is 0.316 e. The first kappa shape index (κ1) is 14.9. The quantitative estimate of drug-likeness (QED) is 0.735. The molecule has 1 aromatic carbocycles. The zero-order valence-corrected chi connectivity index (χ0v) is 12.4. The molecule has 1 atom stereocenters. The summed E-state index contributed by atoms with van der Waals surface area (Å²) in [4.78, 5) is 1.18. The summed E-state index contributed by atoms with van der Waals surface area (Å²) < 4.78 is 0. The minimum Gasteiger partial charge on any atom is -0.316 e. The molecule has 0 amide bonds. The Morgan fingerprint density at radius 2 is 1.88 bits per heavy atom. The standard InChI is InChI=1S/C14H22ClNS/c1-4-11(5-2)13(16-3)10-17-14-9-7-6-8-12(14)15/h6-9,11,13,16H,4-5,10H2,1-3H3. The van der Waals surface area contributed by atoms with Gasteiger partial charge in [0.25, 0.3) is 0 Å². The molecule has 0 radical (unpaired) electrons. The third-order valence-corrected chi connectivity index (χ3v) is 4.88. The molecule has 1 aromatic rings. The zero-order chi connectivity index (χ0) is 12.7. The van der Waals surface area contributed by atoms with E-state index in [1.807, 2.05) is 30.0 Å². The second kappa shape index (κ2) is 8.02. The fourth-order valence-electron chi connectivity index (χ4n) is 2.05. The van der Waals surface area contributed by atoms with Crippen LogP contribution in [0.15, 0.2) is 29.2 Å². The molecule has 0 saturated heterocycles. The number of halogens is 1. The van der Waals surface area contributed by atoms with Gasteiger partial charge in [-0.15, -0.1) is 11.8 Å². The Balaban J connectivity index is 2.56. The Labute approximate surface area is 114 Å². The molecule has 0 aliphatic rings. The lowest BCUT2D eigenvalue weighted by Crippen LogP contribution is -2.35. The van der Waals surface area contributed by atoms with E-state index >= 15 is 0 Å². The van der Waals surface area contributed by atoms with E-state index in [4.69, 9.17) is 11.6 Å². The second-order valence-electron chi connectivity index (χ2n) is 4.21. The van der Waals surface area contributed by atoms with Crippen molar-refractivity contribution >= 4 is 23.4 Å². The summed E-state index contributed by atoms with van der Waals surface area (Å²) in [6.07, 6.45) is 2.45. The molecule has 1 unspecified atom stereocenters. The molecule has 1 nitrogen and oxygen atoms in total. The summed E-state index contributed by atoms with van der Waals surface area (Å²) in [5.41, 5.74) is 0. The van der Waals surface area contributed by atoms with E-state index in [2.05, 4.69) is 32.3 Å². The van der Waals surface area contributed by atoms with Gasteiger partial charge in [-0.1, -0.05) is 50.4 Å². The van der Waals surface area contributed by atoms with E-state index in [1.165, 1.54) is 17.7 Å². The van der Waals surface area contributed by atoms with Gasteiger partial charge < -0.3 is 5.32 Å². The van der Waals surface area contributed by atoms with Gasteiger partial charge >= 0.3 is 0 Å². The van der Waals surface area contributed by atoms with Crippen molar-refractivity contribution in [1.29, 1.82) is 0 Å². The van der Waals surface area contributed by atoms with Gasteiger partial charge in [0.05, 0.1) is 5.02 Å². The van der Waals surface area contributed by atoms with Crippen molar-refractivity contribution in [3.05, 3.63) is 29.3 Å². The van der Waals surface area contributed by atoms with E-state index in [-0.39, 0.29) is 0 Å². The lowest BCUT2D eigenvalue weighted by Gasteiger charge is -2.24. The SMILES string of the molecule is CCC(CC)C(CSc1ccccc1Cl)NC.